The molecule has 2 aliphatic rings. The Balaban J connectivity index is 0.000000226. The van der Waals surface area contributed by atoms with Gasteiger partial charge in [-0.1, -0.05) is 39.8 Å². The third-order valence-corrected chi connectivity index (χ3v) is 8.66. The van der Waals surface area contributed by atoms with Gasteiger partial charge in [0, 0.05) is 6.54 Å². The highest BCUT2D eigenvalue weighted by molar-refractivity contribution is 7.89. The standard InChI is InChI=1S/C13H21N3O2S.C8H17N.C5H5FN2O2S/c1-13(2)7-6-10(8-13)9-15-11-4-3-5-12(16-11)19(14,17)18;1-8(2)4-3-7(5-8)6-9;6-4-2-1-3-5(8-4)11(7,9)10/h3-5,10H,6-9H2,1-2H3,(H,15,16)(H2,14,17,18);7H,3-6,9H2,1-2H3;1-3H,(H2,7,9,10). The van der Waals surface area contributed by atoms with Gasteiger partial charge in [-0.15, -0.1) is 0 Å². The van der Waals surface area contributed by atoms with E-state index < -0.39 is 31.0 Å². The highest BCUT2D eigenvalue weighted by Crippen LogP contribution is 2.41. The predicted molar refractivity (Wildman–Crippen MR) is 151 cm³/mol. The van der Waals surface area contributed by atoms with Gasteiger partial charge in [-0.2, -0.15) is 4.39 Å². The molecule has 2 heterocycles. The van der Waals surface area contributed by atoms with Crippen LogP contribution in [0.1, 0.15) is 66.2 Å². The normalized spacial score (nSPS) is 21.7. The van der Waals surface area contributed by atoms with Crippen LogP contribution in [0.4, 0.5) is 10.2 Å². The molecule has 220 valence electrons. The van der Waals surface area contributed by atoms with E-state index in [0.29, 0.717) is 22.6 Å². The number of anilines is 1. The summed E-state index contributed by atoms with van der Waals surface area (Å²) in [5.74, 6) is 1.14. The lowest BCUT2D eigenvalue weighted by molar-refractivity contribution is 0.362. The molecular formula is C26H43FN6O4S2. The Bertz CT molecular complexity index is 1300. The highest BCUT2D eigenvalue weighted by Gasteiger charge is 2.31. The summed E-state index contributed by atoms with van der Waals surface area (Å²) in [6, 6.07) is 8.19. The summed E-state index contributed by atoms with van der Waals surface area (Å²) in [5.41, 5.74) is 6.56. The van der Waals surface area contributed by atoms with Crippen molar-refractivity contribution in [1.82, 2.24) is 9.97 Å². The molecule has 0 radical (unpaired) electrons. The van der Waals surface area contributed by atoms with E-state index in [1.54, 1.807) is 12.1 Å². The van der Waals surface area contributed by atoms with Crippen LogP contribution in [0.2, 0.25) is 0 Å². The van der Waals surface area contributed by atoms with Crippen LogP contribution >= 0.6 is 0 Å². The lowest BCUT2D eigenvalue weighted by atomic mass is 9.90. The SMILES string of the molecule is CC1(C)CCC(CN)C1.CC1(C)CCC(CNc2cccc(S(N)(=O)=O)n2)C1.NS(=O)(=O)c1cccc(F)n1. The summed E-state index contributed by atoms with van der Waals surface area (Å²) < 4.78 is 55.8. The molecular weight excluding hydrogens is 543 g/mol. The van der Waals surface area contributed by atoms with Crippen LogP contribution in [-0.2, 0) is 20.0 Å². The fourth-order valence-corrected chi connectivity index (χ4v) is 5.98. The summed E-state index contributed by atoms with van der Waals surface area (Å²) in [7, 11) is -7.61. The predicted octanol–water partition coefficient (Wildman–Crippen LogP) is 3.61. The molecule has 2 aromatic rings. The molecule has 0 saturated heterocycles. The number of nitrogens with two attached hydrogens (primary N) is 3. The zero-order valence-corrected chi connectivity index (χ0v) is 24.9. The van der Waals surface area contributed by atoms with Gasteiger partial charge in [-0.05, 0) is 92.0 Å². The van der Waals surface area contributed by atoms with E-state index in [0.717, 1.165) is 31.1 Å². The summed E-state index contributed by atoms with van der Waals surface area (Å²) in [6.45, 7) is 11.0. The molecule has 0 aliphatic heterocycles. The van der Waals surface area contributed by atoms with Crippen molar-refractivity contribution in [3.8, 4) is 0 Å². The van der Waals surface area contributed by atoms with Gasteiger partial charge >= 0.3 is 0 Å². The minimum Gasteiger partial charge on any atom is -0.370 e. The second kappa shape index (κ2) is 13.4. The third-order valence-electron chi connectivity index (χ3n) is 7.04. The van der Waals surface area contributed by atoms with E-state index in [1.165, 1.54) is 50.7 Å². The minimum atomic E-state index is -3.88. The van der Waals surface area contributed by atoms with E-state index >= 15 is 0 Å². The number of sulfonamides is 2. The maximum atomic E-state index is 12.3. The first kappa shape index (κ1) is 33.0. The van der Waals surface area contributed by atoms with Crippen molar-refractivity contribution in [2.75, 3.05) is 18.4 Å². The fraction of sp³-hybridized carbons (Fsp3) is 0.615. The average molecular weight is 587 g/mol. The molecule has 13 heteroatoms. The van der Waals surface area contributed by atoms with Crippen LogP contribution in [0.15, 0.2) is 46.5 Å². The average Bonchev–Trinajstić information content (AvgIpc) is 3.37. The Labute approximate surface area is 232 Å². The van der Waals surface area contributed by atoms with Gasteiger partial charge in [0.25, 0.3) is 20.0 Å². The number of primary sulfonamides is 2. The fourth-order valence-electron chi connectivity index (χ4n) is 5.01. The van der Waals surface area contributed by atoms with Gasteiger partial charge in [0.15, 0.2) is 10.1 Å². The number of nitrogens with one attached hydrogen (secondary N) is 1. The minimum absolute atomic E-state index is 0.0933. The number of hydrogen-bond acceptors (Lipinski definition) is 8. The topological polar surface area (TPSA) is 184 Å². The largest absolute Gasteiger partial charge is 0.370 e. The van der Waals surface area contributed by atoms with E-state index in [9.17, 15) is 21.2 Å². The molecule has 0 aromatic carbocycles. The van der Waals surface area contributed by atoms with E-state index in [2.05, 4.69) is 48.1 Å². The van der Waals surface area contributed by atoms with Gasteiger partial charge in [0.2, 0.25) is 5.95 Å². The van der Waals surface area contributed by atoms with Crippen molar-refractivity contribution in [2.24, 2.45) is 38.7 Å². The van der Waals surface area contributed by atoms with Crippen molar-refractivity contribution in [1.29, 1.82) is 0 Å². The maximum absolute atomic E-state index is 12.3. The van der Waals surface area contributed by atoms with Crippen molar-refractivity contribution in [3.63, 3.8) is 0 Å². The summed E-state index contributed by atoms with van der Waals surface area (Å²) in [6.07, 6.45) is 7.69. The Hall–Kier alpha value is -2.19. The summed E-state index contributed by atoms with van der Waals surface area (Å²) in [4.78, 5) is 7.08. The third kappa shape index (κ3) is 11.8. The molecule has 7 N–H and O–H groups in total. The van der Waals surface area contributed by atoms with Crippen LogP contribution in [0, 0.1) is 28.6 Å². The zero-order valence-electron chi connectivity index (χ0n) is 23.2. The van der Waals surface area contributed by atoms with Crippen molar-refractivity contribution in [2.45, 2.75) is 76.3 Å². The van der Waals surface area contributed by atoms with Gasteiger partial charge in [0.1, 0.15) is 5.82 Å². The van der Waals surface area contributed by atoms with Crippen molar-refractivity contribution >= 4 is 25.9 Å². The lowest BCUT2D eigenvalue weighted by Gasteiger charge is -2.17. The Morgan fingerprint density at radius 2 is 1.33 bits per heavy atom. The Morgan fingerprint density at radius 3 is 1.72 bits per heavy atom. The van der Waals surface area contributed by atoms with Crippen LogP contribution in [0.25, 0.3) is 0 Å². The number of nitrogens with zero attached hydrogens (tertiary/aromatic N) is 2. The van der Waals surface area contributed by atoms with Crippen molar-refractivity contribution < 1.29 is 21.2 Å². The Morgan fingerprint density at radius 1 is 0.846 bits per heavy atom. The molecule has 10 nitrogen and oxygen atoms in total. The summed E-state index contributed by atoms with van der Waals surface area (Å²) >= 11 is 0. The van der Waals surface area contributed by atoms with Crippen LogP contribution in [0.3, 0.4) is 0 Å². The number of aromatic nitrogens is 2. The first-order valence-corrected chi connectivity index (χ1v) is 16.1. The van der Waals surface area contributed by atoms with Crippen molar-refractivity contribution in [3.05, 3.63) is 42.3 Å². The number of halogens is 1. The molecule has 2 aromatic heterocycles. The molecule has 0 bridgehead atoms. The number of rotatable bonds is 6. The highest BCUT2D eigenvalue weighted by atomic mass is 32.2. The van der Waals surface area contributed by atoms with Crippen LogP contribution in [-0.4, -0.2) is 39.9 Å². The quantitative estimate of drug-likeness (QED) is 0.370. The second-order valence-electron chi connectivity index (χ2n) is 11.9. The van der Waals surface area contributed by atoms with Crippen LogP contribution in [0.5, 0.6) is 0 Å². The Kier molecular flexibility index (Phi) is 11.4. The molecule has 2 atom stereocenters. The lowest BCUT2D eigenvalue weighted by Crippen LogP contribution is -2.17. The summed E-state index contributed by atoms with van der Waals surface area (Å²) in [5, 5.41) is 12.4. The maximum Gasteiger partial charge on any atom is 0.255 e. The molecule has 2 unspecified atom stereocenters. The molecule has 0 amide bonds. The van der Waals surface area contributed by atoms with E-state index in [4.69, 9.17) is 10.9 Å². The first-order valence-electron chi connectivity index (χ1n) is 13.0. The van der Waals surface area contributed by atoms with E-state index in [1.807, 2.05) is 0 Å². The number of hydrogen-bond donors (Lipinski definition) is 4. The van der Waals surface area contributed by atoms with Gasteiger partial charge in [0.05, 0.1) is 0 Å². The molecule has 2 saturated carbocycles. The smallest absolute Gasteiger partial charge is 0.255 e. The molecule has 2 aliphatic carbocycles. The van der Waals surface area contributed by atoms with Crippen LogP contribution < -0.4 is 21.3 Å². The van der Waals surface area contributed by atoms with Gasteiger partial charge in [-0.25, -0.2) is 37.1 Å². The van der Waals surface area contributed by atoms with Gasteiger partial charge in [-0.3, -0.25) is 0 Å². The molecule has 0 spiro atoms. The molecule has 4 rings (SSSR count). The van der Waals surface area contributed by atoms with Gasteiger partial charge < -0.3 is 11.1 Å². The number of pyridine rings is 2. The monoisotopic (exact) mass is 586 g/mol. The molecule has 39 heavy (non-hydrogen) atoms. The zero-order chi connectivity index (χ0) is 29.5. The first-order chi connectivity index (χ1) is 17.9. The van der Waals surface area contributed by atoms with E-state index in [-0.39, 0.29) is 5.03 Å². The second-order valence-corrected chi connectivity index (χ2v) is 14.9. The molecule has 2 fully saturated rings.